The van der Waals surface area contributed by atoms with Gasteiger partial charge in [-0.25, -0.2) is 8.42 Å². The summed E-state index contributed by atoms with van der Waals surface area (Å²) in [7, 11) is -3.15. The number of benzene rings is 2. The largest absolute Gasteiger partial charge is 0.370 e. The Morgan fingerprint density at radius 1 is 1.04 bits per heavy atom. The third-order valence-corrected chi connectivity index (χ3v) is 4.80. The lowest BCUT2D eigenvalue weighted by Gasteiger charge is -2.06. The average molecular weight is 473 g/mol. The number of halogens is 1. The van der Waals surface area contributed by atoms with Crippen LogP contribution in [0, 0.1) is 0 Å². The molecule has 0 saturated carbocycles. The second-order valence-electron chi connectivity index (χ2n) is 5.61. The van der Waals surface area contributed by atoms with Crippen LogP contribution in [-0.2, 0) is 22.7 Å². The average Bonchev–Trinajstić information content (AvgIpc) is 2.55. The quantitative estimate of drug-likeness (QED) is 0.383. The molecule has 3 N–H and O–H groups in total. The Balaban J connectivity index is 0.00000312. The molecule has 0 aliphatic heterocycles. The number of sulfone groups is 1. The van der Waals surface area contributed by atoms with Crippen LogP contribution in [-0.4, -0.2) is 27.2 Å². The van der Waals surface area contributed by atoms with E-state index in [1.54, 1.807) is 24.3 Å². The minimum atomic E-state index is -3.15. The molecule has 0 spiro atoms. The minimum Gasteiger partial charge on any atom is -0.370 e. The molecule has 0 unspecified atom stereocenters. The molecule has 136 valence electrons. The Morgan fingerprint density at radius 2 is 1.60 bits per heavy atom. The summed E-state index contributed by atoms with van der Waals surface area (Å²) >= 11 is 0. The maximum atomic E-state index is 11.4. The summed E-state index contributed by atoms with van der Waals surface area (Å²) in [4.78, 5) is 4.62. The van der Waals surface area contributed by atoms with Crippen molar-refractivity contribution in [2.75, 3.05) is 18.1 Å². The van der Waals surface area contributed by atoms with Crippen LogP contribution in [0.5, 0.6) is 0 Å². The van der Waals surface area contributed by atoms with E-state index in [0.717, 1.165) is 17.7 Å². The Hall–Kier alpha value is -1.61. The molecule has 0 aliphatic carbocycles. The van der Waals surface area contributed by atoms with Crippen molar-refractivity contribution in [2.45, 2.75) is 24.7 Å². The number of anilines is 1. The van der Waals surface area contributed by atoms with E-state index in [2.05, 4.69) is 29.4 Å². The molecule has 0 amide bonds. The number of nitrogens with two attached hydrogens (primary N) is 1. The monoisotopic (exact) mass is 473 g/mol. The van der Waals surface area contributed by atoms with Gasteiger partial charge < -0.3 is 11.1 Å². The lowest BCUT2D eigenvalue weighted by atomic mass is 10.1. The molecule has 0 radical (unpaired) electrons. The summed E-state index contributed by atoms with van der Waals surface area (Å²) in [5.74, 6) is 0.368. The number of rotatable bonds is 6. The third kappa shape index (κ3) is 7.03. The van der Waals surface area contributed by atoms with Gasteiger partial charge in [-0.05, 0) is 48.2 Å². The molecule has 0 atom stereocenters. The lowest BCUT2D eigenvalue weighted by molar-refractivity contribution is 0.602. The highest BCUT2D eigenvalue weighted by Crippen LogP contribution is 2.11. The second-order valence-corrected chi connectivity index (χ2v) is 7.62. The van der Waals surface area contributed by atoms with Crippen LogP contribution >= 0.6 is 24.0 Å². The van der Waals surface area contributed by atoms with Crippen molar-refractivity contribution in [1.29, 1.82) is 0 Å². The molecule has 7 heteroatoms. The van der Waals surface area contributed by atoms with Crippen molar-refractivity contribution < 1.29 is 8.42 Å². The summed E-state index contributed by atoms with van der Waals surface area (Å²) < 4.78 is 22.8. The standard InChI is InChI=1S/C18H23N3O2S.HI/c1-3-14-4-8-16(9-5-14)21-18(19)20-13-12-15-6-10-17(11-7-15)24(2,22)23;/h4-11H,3,12-13H2,1-2H3,(H3,19,20,21);1H. The van der Waals surface area contributed by atoms with Crippen LogP contribution in [0.4, 0.5) is 5.69 Å². The number of aliphatic imine (C=N–C) groups is 1. The first-order chi connectivity index (χ1) is 11.4. The summed E-state index contributed by atoms with van der Waals surface area (Å²) in [5.41, 5.74) is 9.08. The molecule has 0 saturated heterocycles. The second kappa shape index (κ2) is 9.76. The van der Waals surface area contributed by atoms with Crippen molar-refractivity contribution in [3.8, 4) is 0 Å². The molecule has 0 bridgehead atoms. The zero-order valence-corrected chi connectivity index (χ0v) is 17.5. The topological polar surface area (TPSA) is 84.5 Å². The van der Waals surface area contributed by atoms with Gasteiger partial charge in [0.15, 0.2) is 15.8 Å². The van der Waals surface area contributed by atoms with Crippen LogP contribution < -0.4 is 11.1 Å². The Bertz CT molecular complexity index is 801. The zero-order valence-electron chi connectivity index (χ0n) is 14.4. The van der Waals surface area contributed by atoms with Gasteiger partial charge in [0.05, 0.1) is 4.90 Å². The van der Waals surface area contributed by atoms with Gasteiger partial charge >= 0.3 is 0 Å². The van der Waals surface area contributed by atoms with E-state index in [9.17, 15) is 8.42 Å². The van der Waals surface area contributed by atoms with Gasteiger partial charge in [-0.15, -0.1) is 24.0 Å². The number of hydrogen-bond donors (Lipinski definition) is 2. The SMILES string of the molecule is CCc1ccc(NC(N)=NCCc2ccc(S(C)(=O)=O)cc2)cc1.I. The van der Waals surface area contributed by atoms with E-state index in [-0.39, 0.29) is 24.0 Å². The van der Waals surface area contributed by atoms with Crippen LogP contribution in [0.3, 0.4) is 0 Å². The Labute approximate surface area is 166 Å². The molecule has 0 aliphatic rings. The fourth-order valence-electron chi connectivity index (χ4n) is 2.22. The predicted molar refractivity (Wildman–Crippen MR) is 115 cm³/mol. The molecular weight excluding hydrogens is 449 g/mol. The molecule has 2 rings (SSSR count). The lowest BCUT2D eigenvalue weighted by Crippen LogP contribution is -2.23. The van der Waals surface area contributed by atoms with Gasteiger partial charge in [0.1, 0.15) is 0 Å². The van der Waals surface area contributed by atoms with E-state index in [4.69, 9.17) is 5.73 Å². The maximum Gasteiger partial charge on any atom is 0.193 e. The number of hydrogen-bond acceptors (Lipinski definition) is 3. The van der Waals surface area contributed by atoms with Gasteiger partial charge in [0.25, 0.3) is 0 Å². The molecule has 2 aromatic rings. The van der Waals surface area contributed by atoms with Crippen LogP contribution in [0.25, 0.3) is 0 Å². The summed E-state index contributed by atoms with van der Waals surface area (Å²) in [6, 6.07) is 14.9. The van der Waals surface area contributed by atoms with E-state index >= 15 is 0 Å². The van der Waals surface area contributed by atoms with Crippen molar-refractivity contribution >= 4 is 45.5 Å². The maximum absolute atomic E-state index is 11.4. The Kier molecular flexibility index (Phi) is 8.37. The first-order valence-electron chi connectivity index (χ1n) is 7.83. The van der Waals surface area contributed by atoms with Crippen molar-refractivity contribution in [1.82, 2.24) is 0 Å². The summed E-state index contributed by atoms with van der Waals surface area (Å²) in [6.45, 7) is 2.64. The minimum absolute atomic E-state index is 0. The van der Waals surface area contributed by atoms with Crippen molar-refractivity contribution in [3.63, 3.8) is 0 Å². The van der Waals surface area contributed by atoms with Crippen molar-refractivity contribution in [2.24, 2.45) is 10.7 Å². The number of aryl methyl sites for hydroxylation is 1. The molecule has 0 aromatic heterocycles. The van der Waals surface area contributed by atoms with E-state index in [1.165, 1.54) is 11.8 Å². The zero-order chi connectivity index (χ0) is 17.6. The molecule has 0 fully saturated rings. The molecule has 25 heavy (non-hydrogen) atoms. The normalized spacial score (nSPS) is 11.7. The van der Waals surface area contributed by atoms with Crippen LogP contribution in [0.2, 0.25) is 0 Å². The molecule has 5 nitrogen and oxygen atoms in total. The predicted octanol–water partition coefficient (Wildman–Crippen LogP) is 3.24. The van der Waals surface area contributed by atoms with Gasteiger partial charge in [-0.1, -0.05) is 31.2 Å². The number of nitrogens with one attached hydrogen (secondary N) is 1. The highest BCUT2D eigenvalue weighted by molar-refractivity contribution is 14.0. The van der Waals surface area contributed by atoms with Crippen molar-refractivity contribution in [3.05, 3.63) is 59.7 Å². The van der Waals surface area contributed by atoms with Gasteiger partial charge in [-0.3, -0.25) is 4.99 Å². The third-order valence-electron chi connectivity index (χ3n) is 3.67. The highest BCUT2D eigenvalue weighted by atomic mass is 127. The number of guanidine groups is 1. The fourth-order valence-corrected chi connectivity index (χ4v) is 2.85. The Morgan fingerprint density at radius 3 is 2.12 bits per heavy atom. The highest BCUT2D eigenvalue weighted by Gasteiger charge is 2.05. The molecule has 2 aromatic carbocycles. The van der Waals surface area contributed by atoms with Gasteiger partial charge in [0.2, 0.25) is 0 Å². The van der Waals surface area contributed by atoms with Crippen LogP contribution in [0.15, 0.2) is 58.4 Å². The number of nitrogens with zero attached hydrogens (tertiary/aromatic N) is 1. The van der Waals surface area contributed by atoms with E-state index in [0.29, 0.717) is 23.8 Å². The molecule has 0 heterocycles. The summed E-state index contributed by atoms with van der Waals surface area (Å²) in [6.07, 6.45) is 2.90. The fraction of sp³-hybridized carbons (Fsp3) is 0.278. The van der Waals surface area contributed by atoms with Gasteiger partial charge in [0, 0.05) is 18.5 Å². The first-order valence-corrected chi connectivity index (χ1v) is 9.72. The van der Waals surface area contributed by atoms with E-state index in [1.807, 2.05) is 12.1 Å². The van der Waals surface area contributed by atoms with Gasteiger partial charge in [-0.2, -0.15) is 0 Å². The first kappa shape index (κ1) is 21.4. The van der Waals surface area contributed by atoms with Crippen LogP contribution in [0.1, 0.15) is 18.1 Å². The summed E-state index contributed by atoms with van der Waals surface area (Å²) in [5, 5.41) is 3.06. The van der Waals surface area contributed by atoms with E-state index < -0.39 is 9.84 Å². The smallest absolute Gasteiger partial charge is 0.193 e. The molecular formula is C18H24IN3O2S.